The van der Waals surface area contributed by atoms with Gasteiger partial charge in [0, 0.05) is 19.1 Å². The Labute approximate surface area is 121 Å². The zero-order valence-corrected chi connectivity index (χ0v) is 11.5. The minimum Gasteiger partial charge on any atom is -0.364 e. The van der Waals surface area contributed by atoms with Crippen molar-refractivity contribution >= 4 is 29.0 Å². The number of aromatic amines is 1. The van der Waals surface area contributed by atoms with Crippen LogP contribution in [-0.4, -0.2) is 49.9 Å². The van der Waals surface area contributed by atoms with Gasteiger partial charge in [-0.15, -0.1) is 0 Å². The number of amides is 1. The largest absolute Gasteiger partial charge is 0.364 e. The molecule has 1 unspecified atom stereocenters. The summed E-state index contributed by atoms with van der Waals surface area (Å²) < 4.78 is 0. The van der Waals surface area contributed by atoms with Crippen LogP contribution in [0.5, 0.6) is 0 Å². The van der Waals surface area contributed by atoms with E-state index in [-0.39, 0.29) is 11.9 Å². The Morgan fingerprint density at radius 2 is 2.33 bits per heavy atom. The predicted octanol–water partition coefficient (Wildman–Crippen LogP) is 1.19. The molecule has 0 radical (unpaired) electrons. The summed E-state index contributed by atoms with van der Waals surface area (Å²) in [5.74, 6) is 1.31. The molecule has 3 heterocycles. The Hall–Kier alpha value is -2.70. The predicted molar refractivity (Wildman–Crippen MR) is 80.6 cm³/mol. The molecule has 21 heavy (non-hydrogen) atoms. The fraction of sp³-hybridized carbons (Fsp3) is 0.286. The van der Waals surface area contributed by atoms with E-state index in [1.54, 1.807) is 11.0 Å². The van der Waals surface area contributed by atoms with Crippen molar-refractivity contribution in [2.45, 2.75) is 12.5 Å². The van der Waals surface area contributed by atoms with E-state index in [1.165, 1.54) is 12.4 Å². The molecule has 2 N–H and O–H groups in total. The van der Waals surface area contributed by atoms with Gasteiger partial charge in [0.15, 0.2) is 11.5 Å². The number of hydrogen-bond donors (Lipinski definition) is 2. The van der Waals surface area contributed by atoms with Crippen LogP contribution in [0.2, 0.25) is 0 Å². The van der Waals surface area contributed by atoms with Crippen molar-refractivity contribution in [3.8, 4) is 0 Å². The summed E-state index contributed by atoms with van der Waals surface area (Å²) in [7, 11) is 0. The van der Waals surface area contributed by atoms with E-state index >= 15 is 0 Å². The first kappa shape index (κ1) is 13.3. The van der Waals surface area contributed by atoms with E-state index in [4.69, 9.17) is 0 Å². The van der Waals surface area contributed by atoms with Gasteiger partial charge in [-0.3, -0.25) is 4.79 Å². The van der Waals surface area contributed by atoms with Crippen molar-refractivity contribution in [2.75, 3.05) is 18.4 Å². The van der Waals surface area contributed by atoms with Crippen molar-refractivity contribution in [1.29, 1.82) is 0 Å². The number of H-pyrrole nitrogens is 1. The molecule has 0 saturated carbocycles. The van der Waals surface area contributed by atoms with Crippen molar-refractivity contribution in [3.05, 3.63) is 31.4 Å². The van der Waals surface area contributed by atoms with Crippen LogP contribution in [0.1, 0.15) is 12.2 Å². The number of likely N-dealkylation sites (tertiary alicyclic amines) is 1. The maximum Gasteiger partial charge on any atom is 0.246 e. The first-order chi connectivity index (χ1) is 10.2. The fourth-order valence-electron chi connectivity index (χ4n) is 2.45. The summed E-state index contributed by atoms with van der Waals surface area (Å²) in [5, 5.41) is 3.35. The molecule has 1 aliphatic rings. The molecular formula is C14H16N6O. The molecule has 1 atom stereocenters. The highest BCUT2D eigenvalue weighted by Gasteiger charge is 2.25. The van der Waals surface area contributed by atoms with E-state index < -0.39 is 0 Å². The first-order valence-electron chi connectivity index (χ1n) is 6.72. The number of rotatable bonds is 4. The van der Waals surface area contributed by atoms with Gasteiger partial charge in [0.2, 0.25) is 5.91 Å². The molecule has 108 valence electrons. The monoisotopic (exact) mass is 284 g/mol. The van der Waals surface area contributed by atoms with Gasteiger partial charge < -0.3 is 15.2 Å². The van der Waals surface area contributed by atoms with Gasteiger partial charge in [0.1, 0.15) is 17.7 Å². The molecule has 1 saturated heterocycles. The zero-order chi connectivity index (χ0) is 14.8. The van der Waals surface area contributed by atoms with E-state index in [0.29, 0.717) is 23.8 Å². The Morgan fingerprint density at radius 1 is 1.48 bits per heavy atom. The van der Waals surface area contributed by atoms with E-state index in [0.717, 1.165) is 18.5 Å². The number of fused-ring (bicyclic) bond motifs is 1. The lowest BCUT2D eigenvalue weighted by molar-refractivity contribution is -0.125. The molecule has 0 bridgehead atoms. The minimum absolute atomic E-state index is 0.0392. The molecule has 2 aromatic rings. The molecule has 0 aromatic carbocycles. The number of carbonyl (C=O) groups excluding carboxylic acids is 1. The number of aromatic nitrogens is 4. The van der Waals surface area contributed by atoms with Gasteiger partial charge >= 0.3 is 0 Å². The molecule has 1 fully saturated rings. The summed E-state index contributed by atoms with van der Waals surface area (Å²) in [5.41, 5.74) is 1.35. The Balaban J connectivity index is 1.79. The van der Waals surface area contributed by atoms with Gasteiger partial charge in [0.25, 0.3) is 0 Å². The van der Waals surface area contributed by atoms with Gasteiger partial charge in [-0.05, 0) is 18.6 Å². The maximum absolute atomic E-state index is 11.6. The smallest absolute Gasteiger partial charge is 0.246 e. The maximum atomic E-state index is 11.6. The molecule has 7 heteroatoms. The van der Waals surface area contributed by atoms with E-state index in [9.17, 15) is 4.79 Å². The van der Waals surface area contributed by atoms with Crippen LogP contribution in [0, 0.1) is 0 Å². The van der Waals surface area contributed by atoms with Crippen LogP contribution in [-0.2, 0) is 4.79 Å². The van der Waals surface area contributed by atoms with Crippen molar-refractivity contribution in [1.82, 2.24) is 24.8 Å². The third-order valence-electron chi connectivity index (χ3n) is 3.52. The van der Waals surface area contributed by atoms with Crippen LogP contribution in [0.15, 0.2) is 25.6 Å². The van der Waals surface area contributed by atoms with E-state index in [2.05, 4.69) is 38.4 Å². The number of nitrogens with zero attached hydrogens (tertiary/aromatic N) is 4. The topological polar surface area (TPSA) is 86.8 Å². The van der Waals surface area contributed by atoms with Gasteiger partial charge in [-0.25, -0.2) is 15.0 Å². The highest BCUT2D eigenvalue weighted by Crippen LogP contribution is 2.20. The quantitative estimate of drug-likeness (QED) is 0.824. The fourth-order valence-corrected chi connectivity index (χ4v) is 2.45. The number of hydrogen-bond acceptors (Lipinski definition) is 5. The molecular weight excluding hydrogens is 268 g/mol. The van der Waals surface area contributed by atoms with Crippen molar-refractivity contribution in [3.63, 3.8) is 0 Å². The molecule has 2 aromatic heterocycles. The summed E-state index contributed by atoms with van der Waals surface area (Å²) in [6.07, 6.45) is 5.32. The van der Waals surface area contributed by atoms with Crippen molar-refractivity contribution < 1.29 is 4.79 Å². The molecule has 1 aliphatic heterocycles. The van der Waals surface area contributed by atoms with Gasteiger partial charge in [-0.2, -0.15) is 0 Å². The van der Waals surface area contributed by atoms with Crippen LogP contribution in [0.3, 0.4) is 0 Å². The molecule has 7 nitrogen and oxygen atoms in total. The second-order valence-electron chi connectivity index (χ2n) is 4.87. The highest BCUT2D eigenvalue weighted by atomic mass is 16.2. The van der Waals surface area contributed by atoms with Gasteiger partial charge in [0.05, 0.1) is 0 Å². The standard InChI is InChI=1S/C14H16N6O/c1-3-10-18-12-13(15-8-16-14(12)19-10)17-9-5-6-20(7-9)11(21)4-2/h3-4,8-9H,1-2,5-7H2,(H2,15,16,17,18,19). The van der Waals surface area contributed by atoms with Crippen LogP contribution >= 0.6 is 0 Å². The summed E-state index contributed by atoms with van der Waals surface area (Å²) in [6.45, 7) is 8.55. The van der Waals surface area contributed by atoms with Gasteiger partial charge in [-0.1, -0.05) is 13.2 Å². The second-order valence-corrected chi connectivity index (χ2v) is 4.87. The zero-order valence-electron chi connectivity index (χ0n) is 11.5. The molecule has 0 spiro atoms. The number of imidazole rings is 1. The summed E-state index contributed by atoms with van der Waals surface area (Å²) in [4.78, 5) is 29.1. The van der Waals surface area contributed by atoms with Crippen LogP contribution in [0.25, 0.3) is 17.2 Å². The summed E-state index contributed by atoms with van der Waals surface area (Å²) in [6, 6.07) is 0.155. The third-order valence-corrected chi connectivity index (χ3v) is 3.52. The SMILES string of the molecule is C=CC(=O)N1CCC(Nc2ncnc3nc(C=C)[nH]c23)C1. The molecule has 1 amide bonds. The van der Waals surface area contributed by atoms with E-state index in [1.807, 2.05) is 0 Å². The van der Waals surface area contributed by atoms with Crippen LogP contribution < -0.4 is 5.32 Å². The lowest BCUT2D eigenvalue weighted by Crippen LogP contribution is -2.30. The Morgan fingerprint density at radius 3 is 3.10 bits per heavy atom. The summed E-state index contributed by atoms with van der Waals surface area (Å²) >= 11 is 0. The number of nitrogens with one attached hydrogen (secondary N) is 2. The molecule has 3 rings (SSSR count). The van der Waals surface area contributed by atoms with Crippen LogP contribution in [0.4, 0.5) is 5.82 Å². The Kier molecular flexibility index (Phi) is 3.39. The average Bonchev–Trinajstić information content (AvgIpc) is 3.13. The molecule has 0 aliphatic carbocycles. The Bertz CT molecular complexity index is 707. The third kappa shape index (κ3) is 2.49. The number of carbonyl (C=O) groups is 1. The first-order valence-corrected chi connectivity index (χ1v) is 6.72. The number of anilines is 1. The minimum atomic E-state index is -0.0392. The lowest BCUT2D eigenvalue weighted by Gasteiger charge is -2.15. The lowest BCUT2D eigenvalue weighted by atomic mass is 10.2. The normalized spacial score (nSPS) is 17.9. The average molecular weight is 284 g/mol. The highest BCUT2D eigenvalue weighted by molar-refractivity contribution is 5.87. The van der Waals surface area contributed by atoms with Crippen molar-refractivity contribution in [2.24, 2.45) is 0 Å². The second kappa shape index (κ2) is 5.35.